The predicted molar refractivity (Wildman–Crippen MR) is 117 cm³/mol. The summed E-state index contributed by atoms with van der Waals surface area (Å²) in [6.07, 6.45) is -8.00. The fourth-order valence-corrected chi connectivity index (χ4v) is 5.78. The number of aromatic amines is 1. The molecular weight excluding hydrogens is 532 g/mol. The Labute approximate surface area is 203 Å². The summed E-state index contributed by atoms with van der Waals surface area (Å²) in [6.45, 7) is 3.46. The number of rotatable bonds is 8. The number of phosphoric acid groups is 2. The van der Waals surface area contributed by atoms with Gasteiger partial charge in [-0.05, 0) is 20.8 Å². The lowest BCUT2D eigenvalue weighted by Gasteiger charge is -2.45. The maximum atomic E-state index is 12.3. The Balaban J connectivity index is 1.60. The van der Waals surface area contributed by atoms with Gasteiger partial charge in [0.05, 0.1) is 24.4 Å². The van der Waals surface area contributed by atoms with E-state index < -0.39 is 82.1 Å². The van der Waals surface area contributed by atoms with Crippen molar-refractivity contribution in [2.75, 3.05) is 6.61 Å². The Morgan fingerprint density at radius 1 is 1.19 bits per heavy atom. The van der Waals surface area contributed by atoms with E-state index in [1.54, 1.807) is 0 Å². The van der Waals surface area contributed by atoms with Gasteiger partial charge >= 0.3 is 21.3 Å². The van der Waals surface area contributed by atoms with Gasteiger partial charge in [0.1, 0.15) is 24.5 Å². The maximum Gasteiger partial charge on any atom is 0.483 e. The van der Waals surface area contributed by atoms with Gasteiger partial charge in [-0.3, -0.25) is 23.4 Å². The highest BCUT2D eigenvalue weighted by atomic mass is 31.3. The van der Waals surface area contributed by atoms with Crippen LogP contribution in [0.1, 0.15) is 32.1 Å². The molecule has 17 nitrogen and oxygen atoms in total. The Morgan fingerprint density at radius 3 is 2.47 bits per heavy atom. The minimum atomic E-state index is -5.43. The van der Waals surface area contributed by atoms with Gasteiger partial charge in [-0.1, -0.05) is 0 Å². The Kier molecular flexibility index (Phi) is 8.50. The van der Waals surface area contributed by atoms with E-state index >= 15 is 0 Å². The van der Waals surface area contributed by atoms with Crippen molar-refractivity contribution in [1.29, 1.82) is 0 Å². The summed E-state index contributed by atoms with van der Waals surface area (Å²) in [7, 11) is -10.8. The van der Waals surface area contributed by atoms with E-state index in [-0.39, 0.29) is 12.0 Å². The number of H-pyrrole nitrogens is 1. The van der Waals surface area contributed by atoms with Crippen LogP contribution in [0.5, 0.6) is 0 Å². The third kappa shape index (κ3) is 6.57. The molecule has 36 heavy (non-hydrogen) atoms. The largest absolute Gasteiger partial charge is 0.483 e. The van der Waals surface area contributed by atoms with Crippen LogP contribution in [0.3, 0.4) is 0 Å². The van der Waals surface area contributed by atoms with Gasteiger partial charge < -0.3 is 40.3 Å². The second-order valence-corrected chi connectivity index (χ2v) is 11.9. The van der Waals surface area contributed by atoms with Crippen LogP contribution in [0.4, 0.5) is 0 Å². The summed E-state index contributed by atoms with van der Waals surface area (Å²) < 4.78 is 49.7. The van der Waals surface area contributed by atoms with Crippen LogP contribution in [0.2, 0.25) is 0 Å². The summed E-state index contributed by atoms with van der Waals surface area (Å²) in [5.74, 6) is 0. The van der Waals surface area contributed by atoms with Gasteiger partial charge in [-0.15, -0.1) is 0 Å². The van der Waals surface area contributed by atoms with Crippen molar-refractivity contribution in [3.8, 4) is 0 Å². The number of aromatic nitrogens is 2. The number of nitrogens with two attached hydrogens (primary N) is 1. The highest BCUT2D eigenvalue weighted by Crippen LogP contribution is 2.61. The van der Waals surface area contributed by atoms with E-state index in [0.717, 1.165) is 4.57 Å². The molecule has 206 valence electrons. The predicted octanol–water partition coefficient (Wildman–Crippen LogP) is -2.07. The smallest absolute Gasteiger partial charge is 0.390 e. The molecule has 2 unspecified atom stereocenters. The summed E-state index contributed by atoms with van der Waals surface area (Å²) in [5, 5.41) is 30.2. The van der Waals surface area contributed by atoms with E-state index in [4.69, 9.17) is 15.2 Å². The van der Waals surface area contributed by atoms with Gasteiger partial charge in [0.25, 0.3) is 5.56 Å². The molecule has 1 aromatic heterocycles. The zero-order valence-electron chi connectivity index (χ0n) is 19.4. The van der Waals surface area contributed by atoms with Crippen molar-refractivity contribution in [3.63, 3.8) is 0 Å². The topological polar surface area (TPSA) is 262 Å². The summed E-state index contributed by atoms with van der Waals surface area (Å²) in [6, 6.07) is -1.09. The number of aryl methyl sites for hydroxylation is 1. The lowest BCUT2D eigenvalue weighted by atomic mass is 9.88. The zero-order chi connectivity index (χ0) is 27.2. The molecule has 0 spiro atoms. The molecule has 0 saturated carbocycles. The zero-order valence-corrected chi connectivity index (χ0v) is 21.2. The van der Waals surface area contributed by atoms with Crippen LogP contribution < -0.4 is 17.0 Å². The fourth-order valence-electron chi connectivity index (χ4n) is 3.62. The monoisotopic (exact) mass is 561 g/mol. The van der Waals surface area contributed by atoms with Crippen molar-refractivity contribution in [2.24, 2.45) is 5.73 Å². The maximum absolute atomic E-state index is 12.3. The third-order valence-corrected chi connectivity index (χ3v) is 8.33. The Bertz CT molecular complexity index is 1170. The molecule has 1 aromatic rings. The first-order valence-corrected chi connectivity index (χ1v) is 13.6. The van der Waals surface area contributed by atoms with Gasteiger partial charge in [0, 0.05) is 18.2 Å². The molecule has 8 N–H and O–H groups in total. The number of hydrogen-bond donors (Lipinski definition) is 7. The first-order valence-electron chi connectivity index (χ1n) is 10.6. The fraction of sp³-hybridized carbons (Fsp3) is 0.765. The SMILES string of the molecule is Cc1cn([C@H]2C[C@H](O)[C@@H](COP(=O)(O)OP(=O)(O)O[C@H]3OC(C)(C)[C@@H](N)[C@@H](O)[C@H]3O)O2)c(=O)[nH]c1=O. The number of ether oxygens (including phenoxy) is 2. The second-order valence-electron chi connectivity index (χ2n) is 8.93. The first-order chi connectivity index (χ1) is 16.4. The van der Waals surface area contributed by atoms with Gasteiger partial charge in [-0.2, -0.15) is 4.31 Å². The number of aliphatic hydroxyl groups excluding tert-OH is 3. The molecule has 2 aliphatic rings. The van der Waals surface area contributed by atoms with E-state index in [2.05, 4.69) is 18.3 Å². The number of nitrogens with one attached hydrogen (secondary N) is 1. The molecule has 0 aliphatic carbocycles. The van der Waals surface area contributed by atoms with Crippen LogP contribution in [0, 0.1) is 6.92 Å². The van der Waals surface area contributed by atoms with E-state index in [1.165, 1.54) is 27.0 Å². The van der Waals surface area contributed by atoms with Crippen molar-refractivity contribution >= 4 is 15.6 Å². The minimum Gasteiger partial charge on any atom is -0.390 e. The minimum absolute atomic E-state index is 0.144. The second kappa shape index (κ2) is 10.5. The van der Waals surface area contributed by atoms with Crippen molar-refractivity contribution in [3.05, 3.63) is 32.6 Å². The van der Waals surface area contributed by atoms with E-state index in [0.29, 0.717) is 0 Å². The van der Waals surface area contributed by atoms with Gasteiger partial charge in [-0.25, -0.2) is 13.9 Å². The quantitative estimate of drug-likeness (QED) is 0.168. The van der Waals surface area contributed by atoms with E-state index in [9.17, 15) is 43.8 Å². The highest BCUT2D eigenvalue weighted by molar-refractivity contribution is 7.61. The summed E-state index contributed by atoms with van der Waals surface area (Å²) >= 11 is 0. The molecular formula is C17H29N3O14P2. The molecule has 0 amide bonds. The average molecular weight is 561 g/mol. The van der Waals surface area contributed by atoms with Crippen LogP contribution in [0.25, 0.3) is 0 Å². The average Bonchev–Trinajstić information content (AvgIpc) is 3.11. The molecule has 3 rings (SSSR count). The van der Waals surface area contributed by atoms with Gasteiger partial charge in [0.2, 0.25) is 0 Å². The number of nitrogens with zero attached hydrogens (tertiary/aromatic N) is 1. The molecule has 2 fully saturated rings. The Morgan fingerprint density at radius 2 is 1.83 bits per heavy atom. The summed E-state index contributed by atoms with van der Waals surface area (Å²) in [5.41, 5.74) is 3.20. The van der Waals surface area contributed by atoms with E-state index in [1.807, 2.05) is 0 Å². The molecule has 0 bridgehead atoms. The van der Waals surface area contributed by atoms with Crippen LogP contribution in [-0.4, -0.2) is 83.6 Å². The molecule has 9 atom stereocenters. The Hall–Kier alpha value is -1.30. The number of phosphoric ester groups is 2. The lowest BCUT2D eigenvalue weighted by molar-refractivity contribution is -0.273. The molecule has 3 heterocycles. The van der Waals surface area contributed by atoms with Crippen molar-refractivity contribution in [1.82, 2.24) is 9.55 Å². The summed E-state index contributed by atoms with van der Waals surface area (Å²) in [4.78, 5) is 45.4. The molecule has 2 aliphatic heterocycles. The standard InChI is InChI=1S/C17H29N3O14P2/c1-7-5-20(16(25)19-14(7)24)10-4-8(21)9(31-10)6-30-35(26,27)34-36(28,29)33-15-12(23)11(22)13(18)17(2,3)32-15/h5,8-13,15,21-23H,4,6,18H2,1-3H3,(H,26,27)(H,28,29)(H,19,24,25)/t8-,9+,10+,11-,12+,13-,15+/m0/s1. The van der Waals surface area contributed by atoms with Crippen molar-refractivity contribution < 1.29 is 57.1 Å². The molecule has 2 saturated heterocycles. The van der Waals surface area contributed by atoms with Gasteiger partial charge in [0.15, 0.2) is 6.29 Å². The van der Waals surface area contributed by atoms with Crippen molar-refractivity contribution in [2.45, 2.75) is 75.8 Å². The normalized spacial score (nSPS) is 35.8. The lowest BCUT2D eigenvalue weighted by Crippen LogP contribution is -2.65. The molecule has 0 aromatic carbocycles. The van der Waals surface area contributed by atoms with Crippen LogP contribution in [0.15, 0.2) is 15.8 Å². The number of aliphatic hydroxyl groups is 3. The first kappa shape index (κ1) is 29.3. The van der Waals surface area contributed by atoms with Crippen LogP contribution >= 0.6 is 15.6 Å². The number of hydrogen-bond acceptors (Lipinski definition) is 13. The molecule has 19 heteroatoms. The van der Waals surface area contributed by atoms with Crippen LogP contribution in [-0.2, 0) is 32.0 Å². The third-order valence-electron chi connectivity index (χ3n) is 5.73. The highest BCUT2D eigenvalue weighted by Gasteiger charge is 2.51. The molecule has 0 radical (unpaired) electrons.